The Labute approximate surface area is 161 Å². The largest absolute Gasteiger partial charge is 0.508 e. The van der Waals surface area contributed by atoms with Crippen molar-refractivity contribution < 1.29 is 38.0 Å². The summed E-state index contributed by atoms with van der Waals surface area (Å²) in [5.74, 6) is -0.935. The summed E-state index contributed by atoms with van der Waals surface area (Å²) in [6, 6.07) is 5.30. The lowest BCUT2D eigenvalue weighted by molar-refractivity contribution is -0.137. The van der Waals surface area contributed by atoms with Crippen LogP contribution in [0.1, 0.15) is 5.56 Å². The zero-order valence-corrected chi connectivity index (χ0v) is 15.8. The Bertz CT molecular complexity index is 860. The van der Waals surface area contributed by atoms with Crippen molar-refractivity contribution >= 4 is 33.2 Å². The number of rotatable bonds is 4. The van der Waals surface area contributed by atoms with Crippen LogP contribution in [0, 0.1) is 5.41 Å². The van der Waals surface area contributed by atoms with Crippen molar-refractivity contribution in [3.05, 3.63) is 30.0 Å². The molecular weight excluding hydrogens is 398 g/mol. The molecule has 2 rings (SSSR count). The van der Waals surface area contributed by atoms with Crippen LogP contribution in [0.15, 0.2) is 24.4 Å². The third kappa shape index (κ3) is 12.4. The number of nitrogens with zero attached hydrogens (tertiary/aromatic N) is 1. The van der Waals surface area contributed by atoms with Crippen molar-refractivity contribution in [2.75, 3.05) is 20.1 Å². The minimum Gasteiger partial charge on any atom is -0.508 e. The molecule has 13 nitrogen and oxygen atoms in total. The maximum Gasteiger partial charge on any atom is 0.394 e. The van der Waals surface area contributed by atoms with Crippen LogP contribution in [0.3, 0.4) is 0 Å². The Kier molecular flexibility index (Phi) is 12.2. The van der Waals surface area contributed by atoms with Crippen molar-refractivity contribution in [2.45, 2.75) is 6.42 Å². The molecule has 1 aromatic carbocycles. The van der Waals surface area contributed by atoms with Gasteiger partial charge < -0.3 is 37.0 Å². The van der Waals surface area contributed by atoms with E-state index in [4.69, 9.17) is 39.5 Å². The van der Waals surface area contributed by atoms with Gasteiger partial charge in [0.1, 0.15) is 12.3 Å². The number of fused-ring (bicyclic) bond motifs is 1. The van der Waals surface area contributed by atoms with Crippen molar-refractivity contribution in [1.29, 1.82) is 5.41 Å². The minimum atomic E-state index is -4.67. The normalized spacial score (nSPS) is 9.86. The van der Waals surface area contributed by atoms with Crippen molar-refractivity contribution in [3.63, 3.8) is 0 Å². The lowest BCUT2D eigenvalue weighted by Gasteiger charge is -2.12. The zero-order valence-electron chi connectivity index (χ0n) is 15.0. The lowest BCUT2D eigenvalue weighted by atomic mass is 10.1. The Hall–Kier alpha value is -2.91. The number of nitrogens with one attached hydrogen (secondary N) is 2. The second kappa shape index (κ2) is 12.5. The molecule has 0 atom stereocenters. The van der Waals surface area contributed by atoms with Crippen molar-refractivity contribution in [2.24, 2.45) is 11.5 Å². The van der Waals surface area contributed by atoms with Gasteiger partial charge in [-0.2, -0.15) is 8.42 Å². The van der Waals surface area contributed by atoms with Crippen LogP contribution < -0.4 is 11.5 Å². The van der Waals surface area contributed by atoms with Crippen molar-refractivity contribution in [1.82, 2.24) is 9.88 Å². The van der Waals surface area contributed by atoms with E-state index < -0.39 is 16.4 Å². The van der Waals surface area contributed by atoms with E-state index in [9.17, 15) is 9.90 Å². The molecule has 0 bridgehead atoms. The van der Waals surface area contributed by atoms with Gasteiger partial charge in [0, 0.05) is 24.1 Å². The van der Waals surface area contributed by atoms with Crippen LogP contribution in [0.4, 0.5) is 0 Å². The predicted octanol–water partition coefficient (Wildman–Crippen LogP) is -1.21. The summed E-state index contributed by atoms with van der Waals surface area (Å²) in [4.78, 5) is 14.2. The minimum absolute atomic E-state index is 0. The quantitative estimate of drug-likeness (QED) is 0.165. The first-order valence-corrected chi connectivity index (χ1v) is 8.70. The number of carbonyl (C=O) groups is 1. The van der Waals surface area contributed by atoms with E-state index in [0.717, 1.165) is 27.8 Å². The maximum atomic E-state index is 9.92. The average Bonchev–Trinajstić information content (AvgIpc) is 2.88. The summed E-state index contributed by atoms with van der Waals surface area (Å²) < 4.78 is 31.6. The number of aliphatic carboxylic acids is 1. The first kappa shape index (κ1) is 27.3. The molecule has 0 saturated carbocycles. The third-order valence-corrected chi connectivity index (χ3v) is 2.95. The smallest absolute Gasteiger partial charge is 0.394 e. The van der Waals surface area contributed by atoms with Gasteiger partial charge in [-0.15, -0.1) is 0 Å². The number of aromatic amines is 1. The SMILES string of the molecule is CN(CC(=O)O)C(=N)N.NCCc1c[nH]c2ccc(O)cc12.O.O=S(=O)(O)O. The fourth-order valence-corrected chi connectivity index (χ4v) is 1.82. The summed E-state index contributed by atoms with van der Waals surface area (Å²) in [7, 11) is -3.23. The second-order valence-electron chi connectivity index (χ2n) is 5.17. The Morgan fingerprint density at radius 1 is 1.32 bits per heavy atom. The van der Waals surface area contributed by atoms with Crippen LogP contribution in [0.25, 0.3) is 10.9 Å². The molecule has 1 heterocycles. The van der Waals surface area contributed by atoms with Crippen LogP contribution in [-0.4, -0.2) is 75.2 Å². The summed E-state index contributed by atoms with van der Waals surface area (Å²) in [5.41, 5.74) is 12.6. The maximum absolute atomic E-state index is 9.92. The number of carboxylic acids is 1. The molecule has 0 radical (unpaired) electrons. The molecule has 12 N–H and O–H groups in total. The lowest BCUT2D eigenvalue weighted by Crippen LogP contribution is -2.36. The number of benzene rings is 1. The molecule has 0 aliphatic rings. The van der Waals surface area contributed by atoms with E-state index in [1.807, 2.05) is 12.3 Å². The Balaban J connectivity index is 0. The molecular formula is C14H25N5O8S. The molecule has 0 saturated heterocycles. The summed E-state index contributed by atoms with van der Waals surface area (Å²) in [5, 5.41) is 25.2. The number of phenols is 1. The van der Waals surface area contributed by atoms with E-state index in [2.05, 4.69) is 4.98 Å². The van der Waals surface area contributed by atoms with Crippen LogP contribution in [0.2, 0.25) is 0 Å². The third-order valence-electron chi connectivity index (χ3n) is 2.95. The Morgan fingerprint density at radius 3 is 2.25 bits per heavy atom. The number of aromatic nitrogens is 1. The van der Waals surface area contributed by atoms with Crippen LogP contribution in [0.5, 0.6) is 5.75 Å². The van der Waals surface area contributed by atoms with E-state index >= 15 is 0 Å². The van der Waals surface area contributed by atoms with Gasteiger partial charge in [0.15, 0.2) is 5.96 Å². The number of guanidine groups is 1. The number of carboxylic acid groups (broad SMARTS) is 1. The standard InChI is InChI=1S/C10H12N2O.C4H9N3O2.H2O4S.H2O/c11-4-3-7-6-12-10-2-1-8(13)5-9(7)10;1-7(4(5)6)2-3(8)9;1-5(2,3)4;/h1-2,5-6,12-13H,3-4,11H2;2H2,1H3,(H3,5,6)(H,8,9);(H2,1,2,3,4);1H2. The fourth-order valence-electron chi connectivity index (χ4n) is 1.82. The van der Waals surface area contributed by atoms with Gasteiger partial charge >= 0.3 is 16.4 Å². The summed E-state index contributed by atoms with van der Waals surface area (Å²) >= 11 is 0. The molecule has 160 valence electrons. The van der Waals surface area contributed by atoms with E-state index in [1.165, 1.54) is 7.05 Å². The number of likely N-dealkylation sites (N-methyl/N-ethyl adjacent to an activating group) is 1. The number of hydrogen-bond donors (Lipinski definition) is 8. The summed E-state index contributed by atoms with van der Waals surface area (Å²) in [6.07, 6.45) is 2.78. The predicted molar refractivity (Wildman–Crippen MR) is 103 cm³/mol. The molecule has 1 aromatic heterocycles. The van der Waals surface area contributed by atoms with Gasteiger partial charge in [0.25, 0.3) is 0 Å². The average molecular weight is 423 g/mol. The van der Waals surface area contributed by atoms with Gasteiger partial charge in [-0.1, -0.05) is 0 Å². The summed E-state index contributed by atoms with van der Waals surface area (Å²) in [6.45, 7) is 0.401. The van der Waals surface area contributed by atoms with Gasteiger partial charge in [-0.05, 0) is 36.7 Å². The zero-order chi connectivity index (χ0) is 21.2. The highest BCUT2D eigenvalue weighted by atomic mass is 32.3. The number of H-pyrrole nitrogens is 1. The molecule has 0 unspecified atom stereocenters. The first-order chi connectivity index (χ1) is 12.3. The molecule has 0 aliphatic heterocycles. The Morgan fingerprint density at radius 2 is 1.86 bits per heavy atom. The van der Waals surface area contributed by atoms with Crippen LogP contribution >= 0.6 is 0 Å². The fraction of sp³-hybridized carbons (Fsp3) is 0.286. The molecule has 28 heavy (non-hydrogen) atoms. The second-order valence-corrected chi connectivity index (χ2v) is 6.06. The van der Waals surface area contributed by atoms with E-state index in [1.54, 1.807) is 12.1 Å². The highest BCUT2D eigenvalue weighted by molar-refractivity contribution is 7.79. The van der Waals surface area contributed by atoms with E-state index in [0.29, 0.717) is 12.3 Å². The first-order valence-electron chi connectivity index (χ1n) is 7.31. The highest BCUT2D eigenvalue weighted by Crippen LogP contribution is 2.22. The topological polar surface area (TPSA) is 259 Å². The number of nitrogens with two attached hydrogens (primary N) is 2. The van der Waals surface area contributed by atoms with Gasteiger partial charge in [0.05, 0.1) is 0 Å². The molecule has 0 amide bonds. The van der Waals surface area contributed by atoms with Crippen molar-refractivity contribution in [3.8, 4) is 5.75 Å². The molecule has 0 spiro atoms. The van der Waals surface area contributed by atoms with Gasteiger partial charge in [0.2, 0.25) is 0 Å². The number of hydrogen-bond acceptors (Lipinski definition) is 6. The molecule has 0 aliphatic carbocycles. The van der Waals surface area contributed by atoms with E-state index in [-0.39, 0.29) is 18.0 Å². The number of phenolic OH excluding ortho intramolecular Hbond substituents is 1. The number of aromatic hydroxyl groups is 1. The molecule has 14 heteroatoms. The monoisotopic (exact) mass is 423 g/mol. The molecule has 0 fully saturated rings. The van der Waals surface area contributed by atoms with Crippen LogP contribution in [-0.2, 0) is 21.6 Å². The highest BCUT2D eigenvalue weighted by Gasteiger charge is 2.03. The van der Waals surface area contributed by atoms with Gasteiger partial charge in [-0.3, -0.25) is 19.3 Å². The molecule has 2 aromatic rings. The van der Waals surface area contributed by atoms with Gasteiger partial charge in [-0.25, -0.2) is 0 Å².